The molecule has 112 valence electrons. The largest absolute Gasteiger partial charge is 0.327 e. The van der Waals surface area contributed by atoms with Gasteiger partial charge in [-0.2, -0.15) is 0 Å². The van der Waals surface area contributed by atoms with Gasteiger partial charge in [-0.3, -0.25) is 0 Å². The van der Waals surface area contributed by atoms with Gasteiger partial charge in [0.25, 0.3) is 0 Å². The molecule has 0 bridgehead atoms. The highest BCUT2D eigenvalue weighted by Crippen LogP contribution is 2.44. The van der Waals surface area contributed by atoms with Gasteiger partial charge in [-0.1, -0.05) is 27.2 Å². The van der Waals surface area contributed by atoms with Crippen molar-refractivity contribution in [1.82, 2.24) is 0 Å². The van der Waals surface area contributed by atoms with Crippen LogP contribution in [0.3, 0.4) is 0 Å². The zero-order valence-electron chi connectivity index (χ0n) is 12.2. The molecule has 0 heterocycles. The van der Waals surface area contributed by atoms with Crippen LogP contribution in [0.5, 0.6) is 0 Å². The maximum atomic E-state index is 14.4. The summed E-state index contributed by atoms with van der Waals surface area (Å²) in [5.41, 5.74) is 5.82. The van der Waals surface area contributed by atoms with Crippen LogP contribution in [0, 0.1) is 23.5 Å². The average molecular weight is 346 g/mol. The molecule has 1 fully saturated rings. The maximum Gasteiger partial charge on any atom is 0.144 e. The van der Waals surface area contributed by atoms with E-state index in [9.17, 15) is 8.78 Å². The predicted octanol–water partition coefficient (Wildman–Crippen LogP) is 4.77. The fourth-order valence-electron chi connectivity index (χ4n) is 3.62. The molecular formula is C16H22BrF2N. The molecule has 2 N–H and O–H groups in total. The molecule has 0 aromatic heterocycles. The molecule has 1 nitrogen and oxygen atoms in total. The Kier molecular flexibility index (Phi) is 4.55. The normalized spacial score (nSPS) is 27.6. The summed E-state index contributed by atoms with van der Waals surface area (Å²) >= 11 is 3.15. The summed E-state index contributed by atoms with van der Waals surface area (Å²) in [5.74, 6) is -0.298. The van der Waals surface area contributed by atoms with Gasteiger partial charge in [0.1, 0.15) is 11.6 Å². The van der Waals surface area contributed by atoms with Gasteiger partial charge in [-0.05, 0) is 58.2 Å². The van der Waals surface area contributed by atoms with Crippen LogP contribution in [-0.4, -0.2) is 6.04 Å². The van der Waals surface area contributed by atoms with Gasteiger partial charge < -0.3 is 5.73 Å². The van der Waals surface area contributed by atoms with E-state index >= 15 is 0 Å². The Hall–Kier alpha value is -0.480. The lowest BCUT2D eigenvalue weighted by Gasteiger charge is -2.43. The first-order valence-electron chi connectivity index (χ1n) is 7.14. The van der Waals surface area contributed by atoms with E-state index in [0.29, 0.717) is 10.4 Å². The summed E-state index contributed by atoms with van der Waals surface area (Å²) in [7, 11) is 0. The van der Waals surface area contributed by atoms with E-state index in [1.165, 1.54) is 12.1 Å². The minimum absolute atomic E-state index is 0.00784. The van der Waals surface area contributed by atoms with Gasteiger partial charge in [-0.15, -0.1) is 0 Å². The predicted molar refractivity (Wildman–Crippen MR) is 81.6 cm³/mol. The first-order chi connectivity index (χ1) is 9.25. The number of halogens is 3. The first kappa shape index (κ1) is 15.9. The van der Waals surface area contributed by atoms with E-state index in [2.05, 4.69) is 22.9 Å². The van der Waals surface area contributed by atoms with Gasteiger partial charge in [0.05, 0.1) is 4.47 Å². The van der Waals surface area contributed by atoms with Crippen molar-refractivity contribution in [3.63, 3.8) is 0 Å². The lowest BCUT2D eigenvalue weighted by molar-refractivity contribution is 0.164. The molecule has 1 aliphatic rings. The third-order valence-electron chi connectivity index (χ3n) is 4.78. The molecule has 1 aromatic rings. The number of benzene rings is 1. The Morgan fingerprint density at radius 3 is 2.50 bits per heavy atom. The summed E-state index contributed by atoms with van der Waals surface area (Å²) in [6.07, 6.45) is 2.91. The van der Waals surface area contributed by atoms with Crippen LogP contribution < -0.4 is 5.73 Å². The summed E-state index contributed by atoms with van der Waals surface area (Å²) in [5, 5.41) is 0. The van der Waals surface area contributed by atoms with E-state index in [1.807, 2.05) is 13.8 Å². The van der Waals surface area contributed by atoms with Gasteiger partial charge in [0.2, 0.25) is 0 Å². The highest BCUT2D eigenvalue weighted by atomic mass is 79.9. The fourth-order valence-corrected chi connectivity index (χ4v) is 3.95. The van der Waals surface area contributed by atoms with E-state index in [0.717, 1.165) is 19.3 Å². The topological polar surface area (TPSA) is 26.0 Å². The van der Waals surface area contributed by atoms with E-state index in [1.54, 1.807) is 0 Å². The number of hydrogen-bond acceptors (Lipinski definition) is 1. The van der Waals surface area contributed by atoms with Crippen LogP contribution in [0.2, 0.25) is 0 Å². The third-order valence-corrected chi connectivity index (χ3v) is 5.39. The molecule has 0 radical (unpaired) electrons. The molecular weight excluding hydrogens is 324 g/mol. The van der Waals surface area contributed by atoms with Crippen LogP contribution in [-0.2, 0) is 5.41 Å². The molecule has 4 heteroatoms. The van der Waals surface area contributed by atoms with Gasteiger partial charge in [0.15, 0.2) is 0 Å². The number of hydrogen-bond donors (Lipinski definition) is 1. The fraction of sp³-hybridized carbons (Fsp3) is 0.625. The molecule has 3 atom stereocenters. The van der Waals surface area contributed by atoms with Crippen molar-refractivity contribution < 1.29 is 8.78 Å². The zero-order valence-corrected chi connectivity index (χ0v) is 13.8. The van der Waals surface area contributed by atoms with E-state index < -0.39 is 17.0 Å². The molecule has 1 aromatic carbocycles. The molecule has 2 rings (SSSR count). The molecule has 1 saturated carbocycles. The molecule has 20 heavy (non-hydrogen) atoms. The van der Waals surface area contributed by atoms with Crippen molar-refractivity contribution in [2.75, 3.05) is 0 Å². The van der Waals surface area contributed by atoms with Gasteiger partial charge in [0, 0.05) is 11.6 Å². The minimum Gasteiger partial charge on any atom is -0.327 e. The molecule has 3 unspecified atom stereocenters. The SMILES string of the molecule is CC1CCC(C(C)(C)c2c(F)ccc(Br)c2F)C(N)C1. The zero-order chi connectivity index (χ0) is 15.1. The molecule has 0 aliphatic heterocycles. The summed E-state index contributed by atoms with van der Waals surface area (Å²) < 4.78 is 28.9. The average Bonchev–Trinajstić information content (AvgIpc) is 2.33. The van der Waals surface area contributed by atoms with Crippen LogP contribution in [0.4, 0.5) is 8.78 Å². The second kappa shape index (κ2) is 5.72. The van der Waals surface area contributed by atoms with Crippen molar-refractivity contribution in [1.29, 1.82) is 0 Å². The second-order valence-electron chi connectivity index (χ2n) is 6.63. The summed E-state index contributed by atoms with van der Waals surface area (Å²) in [4.78, 5) is 0. The number of rotatable bonds is 2. The summed E-state index contributed by atoms with van der Waals surface area (Å²) in [6.45, 7) is 5.99. The molecule has 0 saturated heterocycles. The molecule has 0 amide bonds. The lowest BCUT2D eigenvalue weighted by Crippen LogP contribution is -2.46. The van der Waals surface area contributed by atoms with Crippen molar-refractivity contribution in [3.05, 3.63) is 33.8 Å². The van der Waals surface area contributed by atoms with Crippen LogP contribution >= 0.6 is 15.9 Å². The Morgan fingerprint density at radius 1 is 1.25 bits per heavy atom. The van der Waals surface area contributed by atoms with Crippen molar-refractivity contribution >= 4 is 15.9 Å². The Bertz CT molecular complexity index is 501. The first-order valence-corrected chi connectivity index (χ1v) is 7.94. The van der Waals surface area contributed by atoms with Gasteiger partial charge >= 0.3 is 0 Å². The Morgan fingerprint density at radius 2 is 1.90 bits per heavy atom. The monoisotopic (exact) mass is 345 g/mol. The lowest BCUT2D eigenvalue weighted by atomic mass is 9.63. The van der Waals surface area contributed by atoms with E-state index in [-0.39, 0.29) is 17.5 Å². The molecule has 1 aliphatic carbocycles. The highest BCUT2D eigenvalue weighted by Gasteiger charge is 2.41. The Balaban J connectivity index is 2.42. The van der Waals surface area contributed by atoms with Crippen LogP contribution in [0.25, 0.3) is 0 Å². The third kappa shape index (κ3) is 2.77. The summed E-state index contributed by atoms with van der Waals surface area (Å²) in [6, 6.07) is 2.72. The number of nitrogens with two attached hydrogens (primary N) is 1. The van der Waals surface area contributed by atoms with Crippen LogP contribution in [0.15, 0.2) is 16.6 Å². The van der Waals surface area contributed by atoms with Crippen molar-refractivity contribution in [3.8, 4) is 0 Å². The Labute approximate surface area is 128 Å². The smallest absolute Gasteiger partial charge is 0.144 e. The van der Waals surface area contributed by atoms with E-state index in [4.69, 9.17) is 5.73 Å². The standard InChI is InChI=1S/C16H22BrF2N/c1-9-4-5-10(13(20)8-9)16(2,3)14-12(18)7-6-11(17)15(14)19/h6-7,9-10,13H,4-5,8,20H2,1-3H3. The van der Waals surface area contributed by atoms with Crippen molar-refractivity contribution in [2.45, 2.75) is 51.5 Å². The minimum atomic E-state index is -0.614. The second-order valence-corrected chi connectivity index (χ2v) is 7.48. The maximum absolute atomic E-state index is 14.4. The van der Waals surface area contributed by atoms with Gasteiger partial charge in [-0.25, -0.2) is 8.78 Å². The quantitative estimate of drug-likeness (QED) is 0.767. The highest BCUT2D eigenvalue weighted by molar-refractivity contribution is 9.10. The van der Waals surface area contributed by atoms with Crippen molar-refractivity contribution in [2.24, 2.45) is 17.6 Å². The molecule has 0 spiro atoms. The van der Waals surface area contributed by atoms with Crippen LogP contribution in [0.1, 0.15) is 45.6 Å².